The summed E-state index contributed by atoms with van der Waals surface area (Å²) in [5.41, 5.74) is 0. The Morgan fingerprint density at radius 2 is 2.18 bits per heavy atom. The van der Waals surface area contributed by atoms with Crippen LogP contribution >= 0.6 is 12.6 Å². The molecule has 0 saturated carbocycles. The predicted octanol–water partition coefficient (Wildman–Crippen LogP) is -0.452. The molecular weight excluding hydrogens is 166 g/mol. The van der Waals surface area contributed by atoms with E-state index in [9.17, 15) is 9.59 Å². The van der Waals surface area contributed by atoms with Gasteiger partial charge in [0.25, 0.3) is 0 Å². The highest BCUT2D eigenvalue weighted by molar-refractivity contribution is 7.80. The third kappa shape index (κ3) is 4.80. The van der Waals surface area contributed by atoms with Crippen LogP contribution in [0.3, 0.4) is 0 Å². The number of rotatable bonds is 5. The number of carbonyl (C=O) groups is 2. The van der Waals surface area contributed by atoms with Crippen LogP contribution in [0, 0.1) is 0 Å². The van der Waals surface area contributed by atoms with Gasteiger partial charge in [0.05, 0.1) is 6.54 Å². The van der Waals surface area contributed by atoms with E-state index in [1.54, 1.807) is 0 Å². The Hall–Kier alpha value is -0.550. The van der Waals surface area contributed by atoms with Crippen LogP contribution in [0.25, 0.3) is 0 Å². The summed E-state index contributed by atoms with van der Waals surface area (Å²) in [5.74, 6) is -0.887. The number of Topliss-reactive ketones (excluding diaryl/α,β-unsaturated/α-hetero) is 1. The average molecular weight is 177 g/mol. The first-order chi connectivity index (χ1) is 5.07. The molecule has 0 aromatic carbocycles. The molecule has 0 fully saturated rings. The number of ketones is 1. The summed E-state index contributed by atoms with van der Waals surface area (Å²) in [6.45, 7) is 1.47. The summed E-state index contributed by atoms with van der Waals surface area (Å²) in [6, 6.07) is -0.734. The van der Waals surface area contributed by atoms with Crippen molar-refractivity contribution in [2.24, 2.45) is 0 Å². The zero-order valence-electron chi connectivity index (χ0n) is 6.20. The largest absolute Gasteiger partial charge is 0.480 e. The Morgan fingerprint density at radius 1 is 1.64 bits per heavy atom. The van der Waals surface area contributed by atoms with E-state index in [-0.39, 0.29) is 18.1 Å². The van der Waals surface area contributed by atoms with Crippen molar-refractivity contribution in [3.8, 4) is 0 Å². The van der Waals surface area contributed by atoms with Gasteiger partial charge >= 0.3 is 5.97 Å². The normalized spacial score (nSPS) is 12.5. The summed E-state index contributed by atoms with van der Waals surface area (Å²) in [7, 11) is 0. The highest BCUT2D eigenvalue weighted by atomic mass is 32.1. The lowest BCUT2D eigenvalue weighted by Gasteiger charge is -2.08. The van der Waals surface area contributed by atoms with E-state index in [1.165, 1.54) is 6.92 Å². The van der Waals surface area contributed by atoms with E-state index < -0.39 is 12.0 Å². The zero-order chi connectivity index (χ0) is 8.85. The van der Waals surface area contributed by atoms with Gasteiger partial charge in [-0.3, -0.25) is 14.9 Å². The van der Waals surface area contributed by atoms with E-state index >= 15 is 0 Å². The van der Waals surface area contributed by atoms with Crippen LogP contribution in [0.4, 0.5) is 0 Å². The quantitative estimate of drug-likeness (QED) is 0.497. The van der Waals surface area contributed by atoms with E-state index in [0.29, 0.717) is 0 Å². The fourth-order valence-electron chi connectivity index (χ4n) is 0.497. The molecule has 2 N–H and O–H groups in total. The molecule has 0 aliphatic heterocycles. The van der Waals surface area contributed by atoms with Gasteiger partial charge in [0.1, 0.15) is 11.8 Å². The summed E-state index contributed by atoms with van der Waals surface area (Å²) in [4.78, 5) is 20.7. The first-order valence-corrected chi connectivity index (χ1v) is 3.77. The molecule has 0 rings (SSSR count). The Morgan fingerprint density at radius 3 is 2.45 bits per heavy atom. The molecule has 64 valence electrons. The van der Waals surface area contributed by atoms with Crippen molar-refractivity contribution in [2.45, 2.75) is 13.0 Å². The van der Waals surface area contributed by atoms with Gasteiger partial charge in [0.2, 0.25) is 0 Å². The smallest absolute Gasteiger partial charge is 0.321 e. The minimum Gasteiger partial charge on any atom is -0.480 e. The number of carboxylic acid groups (broad SMARTS) is 1. The molecule has 0 aromatic heterocycles. The molecule has 0 radical (unpaired) electrons. The van der Waals surface area contributed by atoms with Crippen molar-refractivity contribution >= 4 is 24.4 Å². The summed E-state index contributed by atoms with van der Waals surface area (Å²) < 4.78 is 0. The monoisotopic (exact) mass is 177 g/mol. The molecule has 0 saturated heterocycles. The van der Waals surface area contributed by atoms with Crippen LogP contribution in [0.15, 0.2) is 0 Å². The lowest BCUT2D eigenvalue weighted by molar-refractivity contribution is -0.138. The Kier molecular flexibility index (Phi) is 4.89. The Balaban J connectivity index is 3.70. The lowest BCUT2D eigenvalue weighted by atomic mass is 10.3. The van der Waals surface area contributed by atoms with Crippen LogP contribution in [-0.4, -0.2) is 35.2 Å². The van der Waals surface area contributed by atoms with Crippen LogP contribution in [-0.2, 0) is 9.59 Å². The molecule has 0 aliphatic rings. The molecule has 1 unspecified atom stereocenters. The van der Waals surface area contributed by atoms with Crippen LogP contribution in [0.1, 0.15) is 6.92 Å². The number of carboxylic acids is 1. The van der Waals surface area contributed by atoms with Crippen molar-refractivity contribution < 1.29 is 14.7 Å². The van der Waals surface area contributed by atoms with Crippen LogP contribution in [0.2, 0.25) is 0 Å². The molecule has 0 aromatic rings. The second-order valence-corrected chi connectivity index (χ2v) is 2.52. The molecule has 0 spiro atoms. The number of aliphatic carboxylic acids is 1. The second kappa shape index (κ2) is 5.15. The fourth-order valence-corrected chi connectivity index (χ4v) is 0.782. The van der Waals surface area contributed by atoms with E-state index in [2.05, 4.69) is 17.9 Å². The maximum Gasteiger partial charge on any atom is 0.321 e. The first-order valence-electron chi connectivity index (χ1n) is 3.14. The fraction of sp³-hybridized carbons (Fsp3) is 0.667. The summed E-state index contributed by atoms with van der Waals surface area (Å²) in [5, 5.41) is 11.0. The van der Waals surface area contributed by atoms with Crippen molar-refractivity contribution in [2.75, 3.05) is 12.3 Å². The SMILES string of the molecule is CC(=O)CNC(CS)C(=O)O. The van der Waals surface area contributed by atoms with Gasteiger partial charge in [-0.25, -0.2) is 0 Å². The van der Waals surface area contributed by atoms with Gasteiger partial charge in [-0.15, -0.1) is 0 Å². The summed E-state index contributed by atoms with van der Waals surface area (Å²) in [6.07, 6.45) is 0. The van der Waals surface area contributed by atoms with Gasteiger partial charge in [-0.05, 0) is 6.92 Å². The molecular formula is C6H11NO3S. The van der Waals surface area contributed by atoms with E-state index in [4.69, 9.17) is 5.11 Å². The van der Waals surface area contributed by atoms with E-state index in [1.807, 2.05) is 0 Å². The van der Waals surface area contributed by atoms with Gasteiger partial charge < -0.3 is 5.11 Å². The molecule has 0 heterocycles. The molecule has 5 heteroatoms. The molecule has 0 bridgehead atoms. The second-order valence-electron chi connectivity index (χ2n) is 2.16. The van der Waals surface area contributed by atoms with Crippen molar-refractivity contribution in [3.63, 3.8) is 0 Å². The van der Waals surface area contributed by atoms with Gasteiger partial charge in [0, 0.05) is 5.75 Å². The van der Waals surface area contributed by atoms with Gasteiger partial charge in [0.15, 0.2) is 0 Å². The Labute approximate surface area is 70.4 Å². The molecule has 0 aliphatic carbocycles. The first kappa shape index (κ1) is 10.4. The minimum atomic E-state index is -0.985. The van der Waals surface area contributed by atoms with E-state index in [0.717, 1.165) is 0 Å². The molecule has 11 heavy (non-hydrogen) atoms. The molecule has 0 amide bonds. The standard InChI is InChI=1S/C6H11NO3S/c1-4(8)2-7-5(3-11)6(9)10/h5,7,11H,2-3H2,1H3,(H,9,10). The topological polar surface area (TPSA) is 66.4 Å². The van der Waals surface area contributed by atoms with Crippen molar-refractivity contribution in [1.82, 2.24) is 5.32 Å². The highest BCUT2D eigenvalue weighted by Gasteiger charge is 2.14. The average Bonchev–Trinajstić information content (AvgIpc) is 1.87. The van der Waals surface area contributed by atoms with Crippen molar-refractivity contribution in [1.29, 1.82) is 0 Å². The number of hydrogen-bond acceptors (Lipinski definition) is 4. The number of carbonyl (C=O) groups excluding carboxylic acids is 1. The van der Waals surface area contributed by atoms with Gasteiger partial charge in [-0.2, -0.15) is 12.6 Å². The number of thiol groups is 1. The van der Waals surface area contributed by atoms with Crippen molar-refractivity contribution in [3.05, 3.63) is 0 Å². The third-order valence-electron chi connectivity index (χ3n) is 1.08. The minimum absolute atomic E-state index is 0.0809. The maximum atomic E-state index is 10.4. The lowest BCUT2D eigenvalue weighted by Crippen LogP contribution is -2.40. The third-order valence-corrected chi connectivity index (χ3v) is 1.44. The van der Waals surface area contributed by atoms with Gasteiger partial charge in [-0.1, -0.05) is 0 Å². The highest BCUT2D eigenvalue weighted by Crippen LogP contribution is 1.87. The molecule has 4 nitrogen and oxygen atoms in total. The predicted molar refractivity (Wildman–Crippen MR) is 44.0 cm³/mol. The van der Waals surface area contributed by atoms with Crippen LogP contribution in [0.5, 0.6) is 0 Å². The summed E-state index contributed by atoms with van der Waals surface area (Å²) >= 11 is 3.80. The molecule has 1 atom stereocenters. The number of hydrogen-bond donors (Lipinski definition) is 3. The Bertz CT molecular complexity index is 160. The van der Waals surface area contributed by atoms with Crippen LogP contribution < -0.4 is 5.32 Å². The maximum absolute atomic E-state index is 10.4. The number of nitrogens with one attached hydrogen (secondary N) is 1. The zero-order valence-corrected chi connectivity index (χ0v) is 7.10.